The summed E-state index contributed by atoms with van der Waals surface area (Å²) in [5.74, 6) is 1.64. The molecule has 1 aromatic heterocycles. The van der Waals surface area contributed by atoms with Crippen molar-refractivity contribution in [3.63, 3.8) is 0 Å². The summed E-state index contributed by atoms with van der Waals surface area (Å²) in [6, 6.07) is 16.1. The first-order valence-electron chi connectivity index (χ1n) is 9.81. The lowest BCUT2D eigenvalue weighted by molar-refractivity contribution is -0.135. The van der Waals surface area contributed by atoms with Gasteiger partial charge in [-0.1, -0.05) is 24.3 Å². The Hall–Kier alpha value is -2.82. The van der Waals surface area contributed by atoms with E-state index in [-0.39, 0.29) is 24.5 Å². The summed E-state index contributed by atoms with van der Waals surface area (Å²) in [6.07, 6.45) is 0. The van der Waals surface area contributed by atoms with Crippen LogP contribution < -0.4 is 4.74 Å². The maximum absolute atomic E-state index is 13.0. The van der Waals surface area contributed by atoms with E-state index in [0.29, 0.717) is 6.61 Å². The van der Waals surface area contributed by atoms with Crippen LogP contribution >= 0.6 is 0 Å². The molecule has 5 heteroatoms. The first kappa shape index (κ1) is 19.9. The summed E-state index contributed by atoms with van der Waals surface area (Å²) >= 11 is 0. The van der Waals surface area contributed by atoms with Gasteiger partial charge in [-0.3, -0.25) is 4.79 Å². The maximum atomic E-state index is 13.0. The van der Waals surface area contributed by atoms with Crippen molar-refractivity contribution in [2.24, 2.45) is 0 Å². The molecule has 0 bridgehead atoms. The van der Waals surface area contributed by atoms with E-state index in [4.69, 9.17) is 9.72 Å². The molecule has 148 valence electrons. The Morgan fingerprint density at radius 3 is 2.46 bits per heavy atom. The lowest BCUT2D eigenvalue weighted by Crippen LogP contribution is -2.43. The Labute approximate surface area is 166 Å². The molecule has 0 saturated carbocycles. The third-order valence-electron chi connectivity index (χ3n) is 4.79. The van der Waals surface area contributed by atoms with E-state index in [9.17, 15) is 4.79 Å². The van der Waals surface area contributed by atoms with Crippen molar-refractivity contribution < 1.29 is 9.53 Å². The standard InChI is InChI=1S/C23H29N3O2/c1-16(2)26(17(3)4)23(27)14-25-21-12-7-6-11-20(21)24-22(25)15-28-19-10-8-9-18(5)13-19/h6-13,16-17H,14-15H2,1-5H3. The zero-order valence-electron chi connectivity index (χ0n) is 17.3. The Kier molecular flexibility index (Phi) is 6.02. The summed E-state index contributed by atoms with van der Waals surface area (Å²) in [6.45, 7) is 10.8. The Balaban J connectivity index is 1.89. The molecule has 1 amide bonds. The minimum absolute atomic E-state index is 0.0879. The third-order valence-corrected chi connectivity index (χ3v) is 4.79. The SMILES string of the molecule is Cc1cccc(OCc2nc3ccccc3n2CC(=O)N(C(C)C)C(C)C)c1. The molecule has 3 rings (SSSR count). The van der Waals surface area contributed by atoms with E-state index in [1.165, 1.54) is 0 Å². The monoisotopic (exact) mass is 379 g/mol. The molecule has 0 radical (unpaired) electrons. The van der Waals surface area contributed by atoms with Crippen LogP contribution in [0.2, 0.25) is 0 Å². The number of rotatable bonds is 7. The second-order valence-electron chi connectivity index (χ2n) is 7.70. The van der Waals surface area contributed by atoms with Crippen molar-refractivity contribution in [3.8, 4) is 5.75 Å². The van der Waals surface area contributed by atoms with Crippen molar-refractivity contribution >= 4 is 16.9 Å². The van der Waals surface area contributed by atoms with E-state index in [1.54, 1.807) is 0 Å². The van der Waals surface area contributed by atoms with Gasteiger partial charge in [0.1, 0.15) is 24.7 Å². The predicted molar refractivity (Wildman–Crippen MR) is 112 cm³/mol. The number of aryl methyl sites for hydroxylation is 1. The highest BCUT2D eigenvalue weighted by Crippen LogP contribution is 2.20. The first-order chi connectivity index (χ1) is 13.4. The number of aromatic nitrogens is 2. The van der Waals surface area contributed by atoms with Crippen LogP contribution in [0.3, 0.4) is 0 Å². The van der Waals surface area contributed by atoms with Gasteiger partial charge in [0.15, 0.2) is 0 Å². The zero-order chi connectivity index (χ0) is 20.3. The summed E-state index contributed by atoms with van der Waals surface area (Å²) in [7, 11) is 0. The van der Waals surface area contributed by atoms with Crippen molar-refractivity contribution in [2.45, 2.75) is 59.9 Å². The van der Waals surface area contributed by atoms with Crippen molar-refractivity contribution in [3.05, 3.63) is 59.9 Å². The second-order valence-corrected chi connectivity index (χ2v) is 7.70. The molecule has 28 heavy (non-hydrogen) atoms. The molecule has 0 N–H and O–H groups in total. The van der Waals surface area contributed by atoms with Crippen molar-refractivity contribution in [1.82, 2.24) is 14.5 Å². The average molecular weight is 380 g/mol. The van der Waals surface area contributed by atoms with Crippen LogP contribution in [-0.2, 0) is 17.9 Å². The summed E-state index contributed by atoms with van der Waals surface area (Å²) in [4.78, 5) is 19.7. The van der Waals surface area contributed by atoms with Gasteiger partial charge in [0.2, 0.25) is 5.91 Å². The number of hydrogen-bond acceptors (Lipinski definition) is 3. The third kappa shape index (κ3) is 4.35. The average Bonchev–Trinajstić information content (AvgIpc) is 2.97. The number of imidazole rings is 1. The molecule has 0 aliphatic rings. The minimum Gasteiger partial charge on any atom is -0.486 e. The maximum Gasteiger partial charge on any atom is 0.243 e. The molecule has 0 aliphatic carbocycles. The molecule has 1 heterocycles. The normalized spacial score (nSPS) is 11.4. The van der Waals surface area contributed by atoms with Crippen LogP contribution in [0.15, 0.2) is 48.5 Å². The highest BCUT2D eigenvalue weighted by molar-refractivity contribution is 5.81. The highest BCUT2D eigenvalue weighted by Gasteiger charge is 2.22. The lowest BCUT2D eigenvalue weighted by atomic mass is 10.2. The fourth-order valence-electron chi connectivity index (χ4n) is 3.65. The van der Waals surface area contributed by atoms with Crippen LogP contribution in [0.4, 0.5) is 0 Å². The van der Waals surface area contributed by atoms with Crippen LogP contribution in [0.5, 0.6) is 5.75 Å². The number of ether oxygens (including phenoxy) is 1. The zero-order valence-corrected chi connectivity index (χ0v) is 17.3. The van der Waals surface area contributed by atoms with Crippen molar-refractivity contribution in [2.75, 3.05) is 0 Å². The van der Waals surface area contributed by atoms with Gasteiger partial charge in [-0.2, -0.15) is 0 Å². The number of hydrogen-bond donors (Lipinski definition) is 0. The van der Waals surface area contributed by atoms with Crippen LogP contribution in [0.1, 0.15) is 39.1 Å². The Morgan fingerprint density at radius 2 is 1.79 bits per heavy atom. The van der Waals surface area contributed by atoms with Gasteiger partial charge in [-0.15, -0.1) is 0 Å². The molecule has 0 spiro atoms. The predicted octanol–water partition coefficient (Wildman–Crippen LogP) is 4.57. The van der Waals surface area contributed by atoms with E-state index in [0.717, 1.165) is 28.2 Å². The number of carbonyl (C=O) groups excluding carboxylic acids is 1. The second kappa shape index (κ2) is 8.46. The molecule has 5 nitrogen and oxygen atoms in total. The lowest BCUT2D eigenvalue weighted by Gasteiger charge is -2.31. The molecular formula is C23H29N3O2. The molecule has 0 saturated heterocycles. The number of benzene rings is 2. The van der Waals surface area contributed by atoms with E-state index >= 15 is 0 Å². The van der Waals surface area contributed by atoms with Gasteiger partial charge in [0.25, 0.3) is 0 Å². The number of amides is 1. The number of fused-ring (bicyclic) bond motifs is 1. The van der Waals surface area contributed by atoms with Crippen molar-refractivity contribution in [1.29, 1.82) is 0 Å². The Morgan fingerprint density at radius 1 is 1.07 bits per heavy atom. The van der Waals surface area contributed by atoms with Crippen LogP contribution in [-0.4, -0.2) is 32.4 Å². The van der Waals surface area contributed by atoms with Gasteiger partial charge >= 0.3 is 0 Å². The fraction of sp³-hybridized carbons (Fsp3) is 0.391. The molecular weight excluding hydrogens is 350 g/mol. The fourth-order valence-corrected chi connectivity index (χ4v) is 3.65. The number of para-hydroxylation sites is 2. The molecule has 3 aromatic rings. The Bertz CT molecular complexity index is 951. The first-order valence-corrected chi connectivity index (χ1v) is 9.81. The van der Waals surface area contributed by atoms with Gasteiger partial charge in [0.05, 0.1) is 11.0 Å². The summed E-state index contributed by atoms with van der Waals surface area (Å²) < 4.78 is 7.95. The number of carbonyl (C=O) groups is 1. The molecule has 0 fully saturated rings. The molecule has 2 aromatic carbocycles. The van der Waals surface area contributed by atoms with E-state index < -0.39 is 0 Å². The largest absolute Gasteiger partial charge is 0.486 e. The molecule has 0 atom stereocenters. The van der Waals surface area contributed by atoms with Crippen LogP contribution in [0, 0.1) is 6.92 Å². The number of nitrogens with zero attached hydrogens (tertiary/aromatic N) is 3. The topological polar surface area (TPSA) is 47.4 Å². The minimum atomic E-state index is 0.0879. The molecule has 0 unspecified atom stereocenters. The quantitative estimate of drug-likeness (QED) is 0.604. The van der Waals surface area contributed by atoms with Gasteiger partial charge in [0, 0.05) is 12.1 Å². The van der Waals surface area contributed by atoms with E-state index in [1.807, 2.05) is 92.6 Å². The van der Waals surface area contributed by atoms with E-state index in [2.05, 4.69) is 0 Å². The van der Waals surface area contributed by atoms with Gasteiger partial charge in [-0.05, 0) is 64.4 Å². The summed E-state index contributed by atoms with van der Waals surface area (Å²) in [5.41, 5.74) is 2.97. The van der Waals surface area contributed by atoms with Gasteiger partial charge in [-0.25, -0.2) is 4.98 Å². The van der Waals surface area contributed by atoms with Gasteiger partial charge < -0.3 is 14.2 Å². The summed E-state index contributed by atoms with van der Waals surface area (Å²) in [5, 5.41) is 0. The molecule has 0 aliphatic heterocycles. The van der Waals surface area contributed by atoms with Crippen LogP contribution in [0.25, 0.3) is 11.0 Å². The highest BCUT2D eigenvalue weighted by atomic mass is 16.5. The smallest absolute Gasteiger partial charge is 0.243 e.